The molecular weight excluding hydrogens is 503 g/mol. The van der Waals surface area contributed by atoms with E-state index in [1.54, 1.807) is 37.7 Å². The fraction of sp³-hybridized carbons (Fsp3) is 0.500. The van der Waals surface area contributed by atoms with Crippen molar-refractivity contribution in [2.75, 3.05) is 33.9 Å². The van der Waals surface area contributed by atoms with Crippen molar-refractivity contribution in [3.8, 4) is 11.5 Å². The molecule has 1 aromatic heterocycles. The van der Waals surface area contributed by atoms with Crippen molar-refractivity contribution < 1.29 is 14.6 Å². The van der Waals surface area contributed by atoms with Gasteiger partial charge in [-0.15, -0.1) is 35.3 Å². The lowest BCUT2D eigenvalue weighted by molar-refractivity contribution is 0.186. The lowest BCUT2D eigenvalue weighted by atomic mass is 10.1. The van der Waals surface area contributed by atoms with Crippen LogP contribution in [0.4, 0.5) is 0 Å². The molecule has 2 rings (SSSR count). The minimum absolute atomic E-state index is 0. The number of rotatable bonds is 10. The number of aliphatic hydroxyl groups is 1. The molecule has 162 valence electrons. The van der Waals surface area contributed by atoms with Crippen LogP contribution in [0.3, 0.4) is 0 Å². The molecule has 0 radical (unpaired) electrons. The highest BCUT2D eigenvalue weighted by Crippen LogP contribution is 2.30. The van der Waals surface area contributed by atoms with Gasteiger partial charge in [-0.05, 0) is 31.0 Å². The maximum absolute atomic E-state index is 10.5. The van der Waals surface area contributed by atoms with Crippen molar-refractivity contribution >= 4 is 41.3 Å². The second-order valence-electron chi connectivity index (χ2n) is 6.10. The first-order chi connectivity index (χ1) is 13.6. The second-order valence-corrected chi connectivity index (χ2v) is 7.30. The van der Waals surface area contributed by atoms with Crippen LogP contribution in [0.25, 0.3) is 0 Å². The number of aliphatic hydroxyl groups excluding tert-OH is 1. The molecule has 0 saturated heterocycles. The Labute approximate surface area is 194 Å². The van der Waals surface area contributed by atoms with Crippen LogP contribution in [-0.2, 0) is 12.8 Å². The average molecular weight is 534 g/mol. The summed E-state index contributed by atoms with van der Waals surface area (Å²) in [4.78, 5) is 10.2. The van der Waals surface area contributed by atoms with Crippen molar-refractivity contribution in [2.45, 2.75) is 32.8 Å². The van der Waals surface area contributed by atoms with E-state index in [-0.39, 0.29) is 30.5 Å². The Bertz CT molecular complexity index is 770. The number of guanidine groups is 1. The van der Waals surface area contributed by atoms with Crippen LogP contribution in [0, 0.1) is 0 Å². The molecule has 1 unspecified atom stereocenters. The molecule has 0 fully saturated rings. The largest absolute Gasteiger partial charge is 0.493 e. The predicted octanol–water partition coefficient (Wildman–Crippen LogP) is 3.17. The number of halogens is 1. The highest BCUT2D eigenvalue weighted by atomic mass is 127. The monoisotopic (exact) mass is 534 g/mol. The predicted molar refractivity (Wildman–Crippen MR) is 129 cm³/mol. The number of hydrogen-bond acceptors (Lipinski definition) is 6. The van der Waals surface area contributed by atoms with E-state index in [4.69, 9.17) is 9.47 Å². The zero-order valence-electron chi connectivity index (χ0n) is 17.4. The summed E-state index contributed by atoms with van der Waals surface area (Å²) in [6.07, 6.45) is 3.07. The van der Waals surface area contributed by atoms with Crippen LogP contribution < -0.4 is 20.1 Å². The van der Waals surface area contributed by atoms with Gasteiger partial charge in [-0.25, -0.2) is 4.98 Å². The fourth-order valence-electron chi connectivity index (χ4n) is 2.60. The van der Waals surface area contributed by atoms with Gasteiger partial charge in [0.05, 0.1) is 31.9 Å². The molecule has 0 aliphatic carbocycles. The smallest absolute Gasteiger partial charge is 0.191 e. The number of methoxy groups -OCH3 is 2. The molecule has 3 N–H and O–H groups in total. The first kappa shape index (κ1) is 25.4. The van der Waals surface area contributed by atoms with Crippen molar-refractivity contribution in [1.82, 2.24) is 15.6 Å². The molecule has 29 heavy (non-hydrogen) atoms. The summed E-state index contributed by atoms with van der Waals surface area (Å²) in [6, 6.07) is 5.37. The quantitative estimate of drug-likeness (QED) is 0.247. The highest BCUT2D eigenvalue weighted by molar-refractivity contribution is 14.0. The van der Waals surface area contributed by atoms with Crippen LogP contribution >= 0.6 is 35.3 Å². The van der Waals surface area contributed by atoms with E-state index < -0.39 is 6.10 Å². The summed E-state index contributed by atoms with van der Waals surface area (Å²) < 4.78 is 10.5. The zero-order chi connectivity index (χ0) is 20.4. The molecular formula is C20H31IN4O3S. The van der Waals surface area contributed by atoms with Gasteiger partial charge in [0.1, 0.15) is 0 Å². The Morgan fingerprint density at radius 2 is 1.97 bits per heavy atom. The van der Waals surface area contributed by atoms with E-state index >= 15 is 0 Å². The fourth-order valence-corrected chi connectivity index (χ4v) is 3.46. The number of nitrogens with one attached hydrogen (secondary N) is 2. The summed E-state index contributed by atoms with van der Waals surface area (Å²) in [5.41, 5.74) is 0.729. The Balaban J connectivity index is 0.00000420. The van der Waals surface area contributed by atoms with Gasteiger partial charge in [0, 0.05) is 30.6 Å². The summed E-state index contributed by atoms with van der Waals surface area (Å²) in [6.45, 7) is 5.86. The molecule has 0 aliphatic rings. The molecule has 1 heterocycles. The number of hydrogen-bond donors (Lipinski definition) is 3. The van der Waals surface area contributed by atoms with Gasteiger partial charge in [0.15, 0.2) is 17.5 Å². The first-order valence-electron chi connectivity index (χ1n) is 9.46. The van der Waals surface area contributed by atoms with Crippen molar-refractivity contribution in [3.05, 3.63) is 39.8 Å². The van der Waals surface area contributed by atoms with Gasteiger partial charge in [-0.1, -0.05) is 13.0 Å². The van der Waals surface area contributed by atoms with E-state index in [0.717, 1.165) is 36.5 Å². The molecule has 0 amide bonds. The maximum atomic E-state index is 10.5. The SMILES string of the molecule is CCNC(=NCC(O)c1ccc(OC)c(OC)c1)NCCc1ncc(CC)s1.I. The van der Waals surface area contributed by atoms with Gasteiger partial charge < -0.3 is 25.2 Å². The zero-order valence-corrected chi connectivity index (χ0v) is 20.5. The number of thiazole rings is 1. The van der Waals surface area contributed by atoms with Gasteiger partial charge in [-0.3, -0.25) is 4.99 Å². The number of aryl methyl sites for hydroxylation is 1. The summed E-state index contributed by atoms with van der Waals surface area (Å²) in [5.74, 6) is 1.89. The Morgan fingerprint density at radius 1 is 1.21 bits per heavy atom. The summed E-state index contributed by atoms with van der Waals surface area (Å²) in [5, 5.41) is 18.1. The number of aromatic nitrogens is 1. The summed E-state index contributed by atoms with van der Waals surface area (Å²) in [7, 11) is 3.16. The first-order valence-corrected chi connectivity index (χ1v) is 10.3. The minimum atomic E-state index is -0.735. The standard InChI is InChI=1S/C20H30N4O3S.HI/c1-5-15-12-23-19(28-15)9-10-22-20(21-6-2)24-13-16(25)14-7-8-17(26-3)18(11-14)27-4;/h7-8,11-12,16,25H,5-6,9-10,13H2,1-4H3,(H2,21,22,24);1H. The van der Waals surface area contributed by atoms with E-state index in [0.29, 0.717) is 17.5 Å². The summed E-state index contributed by atoms with van der Waals surface area (Å²) >= 11 is 1.75. The van der Waals surface area contributed by atoms with E-state index in [1.165, 1.54) is 4.88 Å². The third kappa shape index (κ3) is 7.98. The molecule has 2 aromatic rings. The maximum Gasteiger partial charge on any atom is 0.191 e. The Morgan fingerprint density at radius 3 is 2.59 bits per heavy atom. The van der Waals surface area contributed by atoms with Crippen molar-refractivity contribution in [2.24, 2.45) is 4.99 Å². The third-order valence-electron chi connectivity index (χ3n) is 4.14. The lowest BCUT2D eigenvalue weighted by Gasteiger charge is -2.14. The van der Waals surface area contributed by atoms with E-state index in [1.807, 2.05) is 19.2 Å². The number of benzene rings is 1. The highest BCUT2D eigenvalue weighted by Gasteiger charge is 2.12. The molecule has 0 bridgehead atoms. The number of ether oxygens (including phenoxy) is 2. The molecule has 0 spiro atoms. The van der Waals surface area contributed by atoms with Crippen LogP contribution in [0.5, 0.6) is 11.5 Å². The van der Waals surface area contributed by atoms with Crippen LogP contribution in [0.15, 0.2) is 29.4 Å². The topological polar surface area (TPSA) is 88.0 Å². The third-order valence-corrected chi connectivity index (χ3v) is 5.34. The minimum Gasteiger partial charge on any atom is -0.493 e. The van der Waals surface area contributed by atoms with Crippen LogP contribution in [0.2, 0.25) is 0 Å². The van der Waals surface area contributed by atoms with Crippen LogP contribution in [0.1, 0.15) is 35.4 Å². The van der Waals surface area contributed by atoms with Gasteiger partial charge in [0.2, 0.25) is 0 Å². The lowest BCUT2D eigenvalue weighted by Crippen LogP contribution is -2.38. The molecule has 9 heteroatoms. The molecule has 1 atom stereocenters. The molecule has 0 saturated carbocycles. The van der Waals surface area contributed by atoms with Gasteiger partial charge >= 0.3 is 0 Å². The molecule has 7 nitrogen and oxygen atoms in total. The van der Waals surface area contributed by atoms with E-state index in [2.05, 4.69) is 27.5 Å². The molecule has 0 aliphatic heterocycles. The van der Waals surface area contributed by atoms with Crippen molar-refractivity contribution in [1.29, 1.82) is 0 Å². The normalized spacial score (nSPS) is 12.1. The van der Waals surface area contributed by atoms with Gasteiger partial charge in [-0.2, -0.15) is 0 Å². The van der Waals surface area contributed by atoms with Gasteiger partial charge in [0.25, 0.3) is 0 Å². The Kier molecular flexibility index (Phi) is 11.9. The number of aliphatic imine (C=N–C) groups is 1. The Hall–Kier alpha value is -1.59. The van der Waals surface area contributed by atoms with Crippen LogP contribution in [-0.4, -0.2) is 49.9 Å². The molecule has 1 aromatic carbocycles. The second kappa shape index (κ2) is 13.6. The van der Waals surface area contributed by atoms with Crippen molar-refractivity contribution in [3.63, 3.8) is 0 Å². The average Bonchev–Trinajstić information content (AvgIpc) is 3.19. The van der Waals surface area contributed by atoms with E-state index in [9.17, 15) is 5.11 Å². The number of nitrogens with zero attached hydrogens (tertiary/aromatic N) is 2.